The van der Waals surface area contributed by atoms with E-state index in [1.165, 1.54) is 0 Å². The lowest BCUT2D eigenvalue weighted by atomic mass is 10.2. The number of benzene rings is 1. The van der Waals surface area contributed by atoms with Crippen molar-refractivity contribution in [2.24, 2.45) is 5.14 Å². The zero-order valence-electron chi connectivity index (χ0n) is 10.5. The summed E-state index contributed by atoms with van der Waals surface area (Å²) in [6.45, 7) is 1.26. The standard InChI is InChI=1S/C12H17N3O3S/c13-6-8-18-12-4-2-11(3-5-12)10-15-7-1-9-19(14,16)17/h2-5,15H,1,7-10H2,(H2,14,16,17). The smallest absolute Gasteiger partial charge is 0.209 e. The summed E-state index contributed by atoms with van der Waals surface area (Å²) in [5.41, 5.74) is 1.06. The van der Waals surface area contributed by atoms with Crippen LogP contribution in [0.3, 0.4) is 0 Å². The van der Waals surface area contributed by atoms with Crippen LogP contribution < -0.4 is 15.2 Å². The number of sulfonamides is 1. The highest BCUT2D eigenvalue weighted by atomic mass is 32.2. The number of nitriles is 1. The monoisotopic (exact) mass is 283 g/mol. The molecule has 0 aliphatic heterocycles. The lowest BCUT2D eigenvalue weighted by Gasteiger charge is -2.06. The Kier molecular flexibility index (Phi) is 6.29. The molecule has 0 amide bonds. The molecular formula is C12H17N3O3S. The average Bonchev–Trinajstić information content (AvgIpc) is 2.36. The van der Waals surface area contributed by atoms with Gasteiger partial charge in [0, 0.05) is 6.54 Å². The van der Waals surface area contributed by atoms with Crippen LogP contribution in [0.5, 0.6) is 5.75 Å². The Morgan fingerprint density at radius 2 is 2.00 bits per heavy atom. The molecule has 104 valence electrons. The summed E-state index contributed by atoms with van der Waals surface area (Å²) in [4.78, 5) is 0. The van der Waals surface area contributed by atoms with E-state index in [9.17, 15) is 8.42 Å². The summed E-state index contributed by atoms with van der Waals surface area (Å²) in [6.07, 6.45) is 0.488. The third kappa shape index (κ3) is 7.41. The van der Waals surface area contributed by atoms with E-state index in [1.807, 2.05) is 18.2 Å². The Bertz CT molecular complexity index is 520. The maximum Gasteiger partial charge on any atom is 0.209 e. The number of hydrogen-bond donors (Lipinski definition) is 2. The molecule has 0 atom stereocenters. The van der Waals surface area contributed by atoms with Crippen LogP contribution in [0.2, 0.25) is 0 Å². The van der Waals surface area contributed by atoms with Gasteiger partial charge in [-0.15, -0.1) is 0 Å². The van der Waals surface area contributed by atoms with E-state index in [0.29, 0.717) is 25.3 Å². The summed E-state index contributed by atoms with van der Waals surface area (Å²) >= 11 is 0. The minimum atomic E-state index is -3.37. The van der Waals surface area contributed by atoms with E-state index < -0.39 is 10.0 Å². The molecule has 0 spiro atoms. The highest BCUT2D eigenvalue weighted by Crippen LogP contribution is 2.11. The molecule has 0 saturated heterocycles. The van der Waals surface area contributed by atoms with Crippen LogP contribution in [0.1, 0.15) is 12.0 Å². The first-order chi connectivity index (χ1) is 9.01. The molecule has 19 heavy (non-hydrogen) atoms. The van der Waals surface area contributed by atoms with Crippen molar-refractivity contribution < 1.29 is 13.2 Å². The number of nitrogens with zero attached hydrogens (tertiary/aromatic N) is 1. The van der Waals surface area contributed by atoms with Crippen molar-refractivity contribution >= 4 is 10.0 Å². The summed E-state index contributed by atoms with van der Waals surface area (Å²) in [5.74, 6) is 0.639. The molecule has 1 aromatic rings. The van der Waals surface area contributed by atoms with Gasteiger partial charge < -0.3 is 10.1 Å². The predicted octanol–water partition coefficient (Wildman–Crippen LogP) is 0.357. The van der Waals surface area contributed by atoms with Gasteiger partial charge in [0.05, 0.1) is 5.75 Å². The minimum absolute atomic E-state index is 0.0130. The maximum atomic E-state index is 10.7. The molecule has 3 N–H and O–H groups in total. The number of rotatable bonds is 8. The van der Waals surface area contributed by atoms with E-state index >= 15 is 0 Å². The molecule has 0 aliphatic rings. The predicted molar refractivity (Wildman–Crippen MR) is 71.8 cm³/mol. The van der Waals surface area contributed by atoms with Crippen molar-refractivity contribution in [3.05, 3.63) is 29.8 Å². The Morgan fingerprint density at radius 1 is 1.32 bits per heavy atom. The Balaban J connectivity index is 2.25. The van der Waals surface area contributed by atoms with E-state index in [1.54, 1.807) is 12.1 Å². The second-order valence-corrected chi connectivity index (χ2v) is 5.72. The second-order valence-electron chi connectivity index (χ2n) is 3.99. The molecule has 7 heteroatoms. The van der Waals surface area contributed by atoms with Crippen molar-refractivity contribution in [2.75, 3.05) is 18.9 Å². The fourth-order valence-corrected chi connectivity index (χ4v) is 2.00. The van der Waals surface area contributed by atoms with Crippen molar-refractivity contribution in [3.63, 3.8) is 0 Å². The normalized spacial score (nSPS) is 10.9. The first kappa shape index (κ1) is 15.4. The van der Waals surface area contributed by atoms with Crippen molar-refractivity contribution in [1.29, 1.82) is 5.26 Å². The first-order valence-corrected chi connectivity index (χ1v) is 7.53. The van der Waals surface area contributed by atoms with Gasteiger partial charge in [0.25, 0.3) is 0 Å². The topological polar surface area (TPSA) is 105 Å². The summed E-state index contributed by atoms with van der Waals surface area (Å²) < 4.78 is 26.5. The zero-order valence-corrected chi connectivity index (χ0v) is 11.3. The lowest BCUT2D eigenvalue weighted by molar-refractivity contribution is 0.368. The number of nitrogens with two attached hydrogens (primary N) is 1. The van der Waals surface area contributed by atoms with E-state index in [4.69, 9.17) is 15.1 Å². The zero-order chi connectivity index (χ0) is 14.1. The Labute approximate surface area is 113 Å². The highest BCUT2D eigenvalue weighted by Gasteiger charge is 2.01. The summed E-state index contributed by atoms with van der Waals surface area (Å²) in [6, 6.07) is 9.25. The van der Waals surface area contributed by atoms with E-state index in [0.717, 1.165) is 5.56 Å². The van der Waals surface area contributed by atoms with Gasteiger partial charge in [0.2, 0.25) is 10.0 Å². The van der Waals surface area contributed by atoms with Gasteiger partial charge in [-0.25, -0.2) is 13.6 Å². The van der Waals surface area contributed by atoms with Gasteiger partial charge in [0.1, 0.15) is 11.8 Å². The van der Waals surface area contributed by atoms with Gasteiger partial charge in [0.15, 0.2) is 6.61 Å². The summed E-state index contributed by atoms with van der Waals surface area (Å²) in [5, 5.41) is 16.4. The number of primary sulfonamides is 1. The van der Waals surface area contributed by atoms with E-state index in [2.05, 4.69) is 5.32 Å². The molecule has 0 unspecified atom stereocenters. The van der Waals surface area contributed by atoms with Crippen LogP contribution in [-0.2, 0) is 16.6 Å². The highest BCUT2D eigenvalue weighted by molar-refractivity contribution is 7.89. The van der Waals surface area contributed by atoms with Crippen LogP contribution in [0.15, 0.2) is 24.3 Å². The van der Waals surface area contributed by atoms with E-state index in [-0.39, 0.29) is 12.4 Å². The molecule has 0 fully saturated rings. The second kappa shape index (κ2) is 7.74. The Morgan fingerprint density at radius 3 is 2.58 bits per heavy atom. The molecule has 0 radical (unpaired) electrons. The van der Waals surface area contributed by atoms with Crippen molar-refractivity contribution in [1.82, 2.24) is 5.32 Å². The molecule has 0 heterocycles. The molecule has 0 aliphatic carbocycles. The Hall–Kier alpha value is -1.62. The van der Waals surface area contributed by atoms with Crippen LogP contribution in [0.4, 0.5) is 0 Å². The third-order valence-electron chi connectivity index (χ3n) is 2.34. The molecule has 0 saturated carbocycles. The number of hydrogen-bond acceptors (Lipinski definition) is 5. The molecule has 6 nitrogen and oxygen atoms in total. The largest absolute Gasteiger partial charge is 0.479 e. The molecule has 1 rings (SSSR count). The fraction of sp³-hybridized carbons (Fsp3) is 0.417. The van der Waals surface area contributed by atoms with Gasteiger partial charge in [-0.05, 0) is 30.7 Å². The van der Waals surface area contributed by atoms with Gasteiger partial charge in [-0.2, -0.15) is 5.26 Å². The summed E-state index contributed by atoms with van der Waals surface area (Å²) in [7, 11) is -3.37. The van der Waals surface area contributed by atoms with Crippen molar-refractivity contribution in [3.8, 4) is 11.8 Å². The molecule has 0 bridgehead atoms. The minimum Gasteiger partial charge on any atom is -0.479 e. The number of nitrogens with one attached hydrogen (secondary N) is 1. The molecule has 1 aromatic carbocycles. The van der Waals surface area contributed by atoms with Crippen LogP contribution in [-0.4, -0.2) is 27.3 Å². The van der Waals surface area contributed by atoms with Crippen LogP contribution in [0, 0.1) is 11.3 Å². The SMILES string of the molecule is N#CCOc1ccc(CNCCCS(N)(=O)=O)cc1. The third-order valence-corrected chi connectivity index (χ3v) is 3.20. The quantitative estimate of drug-likeness (QED) is 0.670. The van der Waals surface area contributed by atoms with Gasteiger partial charge in [-0.1, -0.05) is 12.1 Å². The first-order valence-electron chi connectivity index (χ1n) is 5.81. The fourth-order valence-electron chi connectivity index (χ4n) is 1.45. The van der Waals surface area contributed by atoms with Crippen LogP contribution in [0.25, 0.3) is 0 Å². The van der Waals surface area contributed by atoms with Crippen LogP contribution >= 0.6 is 0 Å². The van der Waals surface area contributed by atoms with Crippen molar-refractivity contribution in [2.45, 2.75) is 13.0 Å². The lowest BCUT2D eigenvalue weighted by Crippen LogP contribution is -2.22. The van der Waals surface area contributed by atoms with Gasteiger partial charge >= 0.3 is 0 Å². The van der Waals surface area contributed by atoms with Gasteiger partial charge in [-0.3, -0.25) is 0 Å². The molecule has 0 aromatic heterocycles. The average molecular weight is 283 g/mol. The number of ether oxygens (including phenoxy) is 1. The maximum absolute atomic E-state index is 10.7. The molecular weight excluding hydrogens is 266 g/mol.